The van der Waals surface area contributed by atoms with Crippen LogP contribution in [0.1, 0.15) is 52.0 Å². The Labute approximate surface area is 162 Å². The third-order valence-electron chi connectivity index (χ3n) is 5.93. The van der Waals surface area contributed by atoms with Gasteiger partial charge in [0.15, 0.2) is 0 Å². The molecule has 0 amide bonds. The van der Waals surface area contributed by atoms with Gasteiger partial charge in [-0.3, -0.25) is 0 Å². The molecule has 3 rings (SSSR count). The van der Waals surface area contributed by atoms with E-state index in [0.29, 0.717) is 5.92 Å². The zero-order valence-corrected chi connectivity index (χ0v) is 16.7. The average Bonchev–Trinajstić information content (AvgIpc) is 2.68. The van der Waals surface area contributed by atoms with Crippen molar-refractivity contribution in [2.45, 2.75) is 58.0 Å². The van der Waals surface area contributed by atoms with E-state index in [4.69, 9.17) is 4.74 Å². The first-order chi connectivity index (χ1) is 13.0. The highest BCUT2D eigenvalue weighted by Gasteiger charge is 2.40. The number of carbonyl (C=O) groups excluding carboxylic acids is 1. The van der Waals surface area contributed by atoms with E-state index in [9.17, 15) is 4.79 Å². The van der Waals surface area contributed by atoms with E-state index >= 15 is 0 Å². The Morgan fingerprint density at radius 3 is 2.56 bits per heavy atom. The second-order valence-corrected chi connectivity index (χ2v) is 8.03. The van der Waals surface area contributed by atoms with Crippen molar-refractivity contribution in [3.63, 3.8) is 0 Å². The lowest BCUT2D eigenvalue weighted by molar-refractivity contribution is -0.149. The highest BCUT2D eigenvalue weighted by molar-refractivity contribution is 5.83. The van der Waals surface area contributed by atoms with Gasteiger partial charge >= 0.3 is 5.97 Å². The molecule has 0 N–H and O–H groups in total. The Kier molecular flexibility index (Phi) is 6.15. The van der Waals surface area contributed by atoms with E-state index in [-0.39, 0.29) is 17.5 Å². The van der Waals surface area contributed by atoms with Crippen LogP contribution in [0.2, 0.25) is 0 Å². The predicted octanol–water partition coefficient (Wildman–Crippen LogP) is 6.35. The topological polar surface area (TPSA) is 26.3 Å². The third-order valence-corrected chi connectivity index (χ3v) is 5.93. The average molecular weight is 363 g/mol. The number of hydrogen-bond acceptors (Lipinski definition) is 2. The number of carbonyl (C=O) groups is 1. The van der Waals surface area contributed by atoms with Crippen LogP contribution >= 0.6 is 0 Å². The molecule has 0 bridgehead atoms. The molecule has 2 nitrogen and oxygen atoms in total. The molecule has 0 saturated heterocycles. The fourth-order valence-electron chi connectivity index (χ4n) is 4.30. The molecule has 142 valence electrons. The van der Waals surface area contributed by atoms with E-state index in [2.05, 4.69) is 56.3 Å². The Morgan fingerprint density at radius 2 is 1.78 bits per heavy atom. The first-order valence-electron chi connectivity index (χ1n) is 10.0. The van der Waals surface area contributed by atoms with Gasteiger partial charge in [0.2, 0.25) is 0 Å². The molecule has 0 aromatic heterocycles. The lowest BCUT2D eigenvalue weighted by Gasteiger charge is -2.42. The summed E-state index contributed by atoms with van der Waals surface area (Å²) >= 11 is 0. The molecule has 2 aromatic rings. The molecule has 2 heteroatoms. The first-order valence-corrected chi connectivity index (χ1v) is 10.0. The molecule has 0 aliphatic heterocycles. The molecule has 0 unspecified atom stereocenters. The monoisotopic (exact) mass is 362 g/mol. The maximum Gasteiger partial charge on any atom is 0.331 e. The van der Waals surface area contributed by atoms with Crippen molar-refractivity contribution in [1.82, 2.24) is 0 Å². The van der Waals surface area contributed by atoms with Crippen LogP contribution in [0.4, 0.5) is 0 Å². The van der Waals surface area contributed by atoms with Crippen molar-refractivity contribution in [2.24, 2.45) is 5.92 Å². The maximum atomic E-state index is 12.2. The molecule has 1 aliphatic rings. The highest BCUT2D eigenvalue weighted by atomic mass is 16.5. The van der Waals surface area contributed by atoms with Gasteiger partial charge in [0.25, 0.3) is 0 Å². The SMILES string of the molecule is C/C=C/C=C/C(=O)O[C@H]1CCCC[C@@H]1C(C)(C)c1ccc2ccccc2c1. The maximum absolute atomic E-state index is 12.2. The molecule has 2 aromatic carbocycles. The Bertz CT molecular complexity index is 844. The second-order valence-electron chi connectivity index (χ2n) is 8.03. The van der Waals surface area contributed by atoms with Gasteiger partial charge < -0.3 is 4.74 Å². The van der Waals surface area contributed by atoms with Crippen molar-refractivity contribution in [3.05, 3.63) is 72.3 Å². The van der Waals surface area contributed by atoms with Crippen LogP contribution in [0.15, 0.2) is 66.8 Å². The van der Waals surface area contributed by atoms with Crippen molar-refractivity contribution in [2.75, 3.05) is 0 Å². The molecule has 0 spiro atoms. The largest absolute Gasteiger partial charge is 0.459 e. The highest BCUT2D eigenvalue weighted by Crippen LogP contribution is 2.42. The lowest BCUT2D eigenvalue weighted by Crippen LogP contribution is -2.41. The third kappa shape index (κ3) is 4.50. The minimum Gasteiger partial charge on any atom is -0.459 e. The summed E-state index contributed by atoms with van der Waals surface area (Å²) in [6.45, 7) is 6.52. The smallest absolute Gasteiger partial charge is 0.331 e. The van der Waals surface area contributed by atoms with E-state index in [1.807, 2.05) is 19.1 Å². The molecule has 2 atom stereocenters. The van der Waals surface area contributed by atoms with Gasteiger partial charge in [0.1, 0.15) is 6.10 Å². The zero-order chi connectivity index (χ0) is 19.3. The van der Waals surface area contributed by atoms with Crippen LogP contribution in [0.5, 0.6) is 0 Å². The summed E-state index contributed by atoms with van der Waals surface area (Å²) in [6.07, 6.45) is 11.4. The predicted molar refractivity (Wildman–Crippen MR) is 113 cm³/mol. The Balaban J connectivity index is 1.83. The van der Waals surface area contributed by atoms with Gasteiger partial charge in [-0.2, -0.15) is 0 Å². The van der Waals surface area contributed by atoms with E-state index in [0.717, 1.165) is 19.3 Å². The van der Waals surface area contributed by atoms with Gasteiger partial charge in [-0.15, -0.1) is 0 Å². The molecule has 1 aliphatic carbocycles. The Morgan fingerprint density at radius 1 is 1.04 bits per heavy atom. The minimum absolute atomic E-state index is 0.0250. The second kappa shape index (κ2) is 8.56. The molecule has 0 radical (unpaired) electrons. The molecular weight excluding hydrogens is 332 g/mol. The summed E-state index contributed by atoms with van der Waals surface area (Å²) < 4.78 is 5.89. The Hall–Kier alpha value is -2.35. The molecule has 0 heterocycles. The number of allylic oxidation sites excluding steroid dienone is 3. The van der Waals surface area contributed by atoms with Crippen LogP contribution in [0.3, 0.4) is 0 Å². The van der Waals surface area contributed by atoms with Gasteiger partial charge in [-0.1, -0.05) is 81.0 Å². The number of rotatable bonds is 5. The zero-order valence-electron chi connectivity index (χ0n) is 16.7. The van der Waals surface area contributed by atoms with Crippen LogP contribution in [-0.2, 0) is 14.9 Å². The fraction of sp³-hybridized carbons (Fsp3) is 0.400. The van der Waals surface area contributed by atoms with Crippen molar-refractivity contribution >= 4 is 16.7 Å². The standard InChI is InChI=1S/C25H30O2/c1-4-5-6-15-24(26)27-23-14-10-9-13-22(23)25(2,3)21-17-16-19-11-7-8-12-20(19)18-21/h4-8,11-12,15-18,22-23H,9-10,13-14H2,1-3H3/b5-4+,15-6+/t22-,23-/m0/s1. The van der Waals surface area contributed by atoms with Crippen LogP contribution in [-0.4, -0.2) is 12.1 Å². The van der Waals surface area contributed by atoms with Crippen LogP contribution < -0.4 is 0 Å². The van der Waals surface area contributed by atoms with Gasteiger partial charge in [0, 0.05) is 12.0 Å². The molecule has 27 heavy (non-hydrogen) atoms. The van der Waals surface area contributed by atoms with Crippen molar-refractivity contribution in [3.8, 4) is 0 Å². The van der Waals surface area contributed by atoms with Crippen LogP contribution in [0.25, 0.3) is 10.8 Å². The number of benzene rings is 2. The first kappa shape index (κ1) is 19.4. The summed E-state index contributed by atoms with van der Waals surface area (Å²) in [5, 5.41) is 2.53. The minimum atomic E-state index is -0.237. The summed E-state index contributed by atoms with van der Waals surface area (Å²) in [7, 11) is 0. The quantitative estimate of drug-likeness (QED) is 0.352. The van der Waals surface area contributed by atoms with Gasteiger partial charge in [0.05, 0.1) is 0 Å². The molecular formula is C25H30O2. The number of fused-ring (bicyclic) bond motifs is 1. The molecule has 1 fully saturated rings. The fourth-order valence-corrected chi connectivity index (χ4v) is 4.30. The number of hydrogen-bond donors (Lipinski definition) is 0. The van der Waals surface area contributed by atoms with Crippen molar-refractivity contribution in [1.29, 1.82) is 0 Å². The summed E-state index contributed by atoms with van der Waals surface area (Å²) in [6, 6.07) is 15.2. The van der Waals surface area contributed by atoms with Crippen molar-refractivity contribution < 1.29 is 9.53 Å². The van der Waals surface area contributed by atoms with Gasteiger partial charge in [-0.05, 0) is 47.9 Å². The normalized spacial score (nSPS) is 21.1. The number of esters is 1. The van der Waals surface area contributed by atoms with Crippen LogP contribution in [0, 0.1) is 5.92 Å². The summed E-state index contributed by atoms with van der Waals surface area (Å²) in [4.78, 5) is 12.2. The summed E-state index contributed by atoms with van der Waals surface area (Å²) in [5.74, 6) is 0.0887. The molecule has 1 saturated carbocycles. The lowest BCUT2D eigenvalue weighted by atomic mass is 9.66. The summed E-state index contributed by atoms with van der Waals surface area (Å²) in [5.41, 5.74) is 1.27. The van der Waals surface area contributed by atoms with Gasteiger partial charge in [-0.25, -0.2) is 4.79 Å². The van der Waals surface area contributed by atoms with E-state index < -0.39 is 0 Å². The number of ether oxygens (including phenoxy) is 1. The van der Waals surface area contributed by atoms with E-state index in [1.54, 1.807) is 6.08 Å². The van der Waals surface area contributed by atoms with E-state index in [1.165, 1.54) is 28.8 Å².